The monoisotopic (exact) mass is 176 g/mol. The molecule has 0 saturated carbocycles. The first-order chi connectivity index (χ1) is 5.91. The Morgan fingerprint density at radius 1 is 0.923 bits per heavy atom. The third-order valence-electron chi connectivity index (χ3n) is 2.25. The van der Waals surface area contributed by atoms with Crippen LogP contribution in [-0.4, -0.2) is 0 Å². The van der Waals surface area contributed by atoms with Gasteiger partial charge in [0.25, 0.3) is 0 Å². The fourth-order valence-corrected chi connectivity index (χ4v) is 1.42. The Kier molecular flexibility index (Phi) is 4.47. The van der Waals surface area contributed by atoms with Gasteiger partial charge in [-0.25, -0.2) is 0 Å². The summed E-state index contributed by atoms with van der Waals surface area (Å²) in [7, 11) is 0. The normalized spacial score (nSPS) is 11.0. The molecule has 0 atom stereocenters. The SMILES string of the molecule is C=C(C)C(C(=C)C)=C(C)/C(C)=C/C. The number of rotatable bonds is 3. The van der Waals surface area contributed by atoms with Gasteiger partial charge in [0.15, 0.2) is 0 Å². The second-order valence-corrected chi connectivity index (χ2v) is 3.53. The van der Waals surface area contributed by atoms with Crippen molar-refractivity contribution in [2.75, 3.05) is 0 Å². The molecule has 0 aliphatic rings. The summed E-state index contributed by atoms with van der Waals surface area (Å²) in [6.07, 6.45) is 2.11. The van der Waals surface area contributed by atoms with Gasteiger partial charge in [-0.05, 0) is 45.8 Å². The molecule has 0 bridgehead atoms. The minimum absolute atomic E-state index is 1.09. The van der Waals surface area contributed by atoms with E-state index in [1.807, 2.05) is 20.8 Å². The van der Waals surface area contributed by atoms with Gasteiger partial charge in [0.2, 0.25) is 0 Å². The fourth-order valence-electron chi connectivity index (χ4n) is 1.42. The summed E-state index contributed by atoms with van der Waals surface area (Å²) < 4.78 is 0. The van der Waals surface area contributed by atoms with E-state index in [9.17, 15) is 0 Å². The maximum absolute atomic E-state index is 3.97. The largest absolute Gasteiger partial charge is 0.0955 e. The number of hydrogen-bond donors (Lipinski definition) is 0. The number of hydrogen-bond acceptors (Lipinski definition) is 0. The molecule has 0 radical (unpaired) electrons. The van der Waals surface area contributed by atoms with Crippen molar-refractivity contribution in [3.05, 3.63) is 47.1 Å². The molecule has 0 aromatic carbocycles. The topological polar surface area (TPSA) is 0 Å². The van der Waals surface area contributed by atoms with Crippen LogP contribution in [0.4, 0.5) is 0 Å². The van der Waals surface area contributed by atoms with Gasteiger partial charge in [0, 0.05) is 0 Å². The predicted molar refractivity (Wildman–Crippen MR) is 61.8 cm³/mol. The first-order valence-corrected chi connectivity index (χ1v) is 4.57. The Hall–Kier alpha value is -1.04. The smallest absolute Gasteiger partial charge is 0.0178 e. The average Bonchev–Trinajstić information content (AvgIpc) is 2.01. The molecular weight excluding hydrogens is 156 g/mol. The van der Waals surface area contributed by atoms with Gasteiger partial charge < -0.3 is 0 Å². The van der Waals surface area contributed by atoms with Crippen LogP contribution in [0, 0.1) is 0 Å². The third kappa shape index (κ3) is 3.06. The van der Waals surface area contributed by atoms with E-state index in [2.05, 4.69) is 33.1 Å². The maximum atomic E-state index is 3.97. The van der Waals surface area contributed by atoms with Crippen molar-refractivity contribution >= 4 is 0 Å². The molecule has 0 rings (SSSR count). The summed E-state index contributed by atoms with van der Waals surface area (Å²) in [5, 5.41) is 0. The molecule has 0 heteroatoms. The van der Waals surface area contributed by atoms with E-state index in [-0.39, 0.29) is 0 Å². The zero-order chi connectivity index (χ0) is 10.6. The summed E-state index contributed by atoms with van der Waals surface area (Å²) in [5.41, 5.74) is 5.96. The lowest BCUT2D eigenvalue weighted by Gasteiger charge is -2.12. The van der Waals surface area contributed by atoms with Crippen LogP contribution in [0.2, 0.25) is 0 Å². The van der Waals surface area contributed by atoms with Crippen molar-refractivity contribution in [3.63, 3.8) is 0 Å². The van der Waals surface area contributed by atoms with Crippen LogP contribution in [0.3, 0.4) is 0 Å². The molecule has 0 heterocycles. The van der Waals surface area contributed by atoms with Crippen molar-refractivity contribution in [1.82, 2.24) is 0 Å². The fraction of sp³-hybridized carbons (Fsp3) is 0.385. The zero-order valence-electron chi connectivity index (χ0n) is 9.49. The molecule has 0 aliphatic heterocycles. The quantitative estimate of drug-likeness (QED) is 0.558. The lowest BCUT2D eigenvalue weighted by Crippen LogP contribution is -1.93. The second kappa shape index (κ2) is 4.86. The first kappa shape index (κ1) is 12.0. The molecule has 0 aromatic rings. The van der Waals surface area contributed by atoms with Gasteiger partial charge in [0.1, 0.15) is 0 Å². The van der Waals surface area contributed by atoms with Gasteiger partial charge >= 0.3 is 0 Å². The number of allylic oxidation sites excluding steroid dienone is 6. The molecule has 0 nitrogen and oxygen atoms in total. The predicted octanol–water partition coefficient (Wildman–Crippen LogP) is 4.42. The van der Waals surface area contributed by atoms with Crippen molar-refractivity contribution in [1.29, 1.82) is 0 Å². The highest BCUT2D eigenvalue weighted by Crippen LogP contribution is 2.24. The molecule has 0 spiro atoms. The van der Waals surface area contributed by atoms with E-state index >= 15 is 0 Å². The lowest BCUT2D eigenvalue weighted by molar-refractivity contribution is 1.22. The third-order valence-corrected chi connectivity index (χ3v) is 2.25. The van der Waals surface area contributed by atoms with E-state index < -0.39 is 0 Å². The lowest BCUT2D eigenvalue weighted by atomic mass is 9.93. The summed E-state index contributed by atoms with van der Waals surface area (Å²) in [6.45, 7) is 18.3. The van der Waals surface area contributed by atoms with E-state index in [1.165, 1.54) is 16.7 Å². The van der Waals surface area contributed by atoms with E-state index in [0.29, 0.717) is 0 Å². The van der Waals surface area contributed by atoms with Crippen LogP contribution in [0.5, 0.6) is 0 Å². The zero-order valence-corrected chi connectivity index (χ0v) is 9.49. The molecule has 0 fully saturated rings. The second-order valence-electron chi connectivity index (χ2n) is 3.53. The molecule has 0 N–H and O–H groups in total. The summed E-state index contributed by atoms with van der Waals surface area (Å²) >= 11 is 0. The van der Waals surface area contributed by atoms with Gasteiger partial charge in [-0.15, -0.1) is 0 Å². The van der Waals surface area contributed by atoms with Crippen molar-refractivity contribution in [2.24, 2.45) is 0 Å². The molecule has 0 unspecified atom stereocenters. The highest BCUT2D eigenvalue weighted by molar-refractivity contribution is 5.50. The maximum Gasteiger partial charge on any atom is -0.0178 e. The Balaban J connectivity index is 5.35. The van der Waals surface area contributed by atoms with E-state index in [4.69, 9.17) is 0 Å². The van der Waals surface area contributed by atoms with Gasteiger partial charge in [0.05, 0.1) is 0 Å². The summed E-state index contributed by atoms with van der Waals surface area (Å²) in [6, 6.07) is 0. The Bertz CT molecular complexity index is 269. The minimum atomic E-state index is 1.09. The van der Waals surface area contributed by atoms with Crippen LogP contribution in [0.15, 0.2) is 47.1 Å². The van der Waals surface area contributed by atoms with Gasteiger partial charge in [-0.3, -0.25) is 0 Å². The van der Waals surface area contributed by atoms with Crippen molar-refractivity contribution < 1.29 is 0 Å². The van der Waals surface area contributed by atoms with Gasteiger partial charge in [-0.1, -0.05) is 36.0 Å². The molecule has 0 aromatic heterocycles. The standard InChI is InChI=1S/C13H20/c1-8-11(6)12(7)13(9(2)3)10(4)5/h8H,2,4H2,1,3,5-7H3/b11-8+. The van der Waals surface area contributed by atoms with Crippen LogP contribution in [0.25, 0.3) is 0 Å². The van der Waals surface area contributed by atoms with Crippen molar-refractivity contribution in [3.8, 4) is 0 Å². The summed E-state index contributed by atoms with van der Waals surface area (Å²) in [4.78, 5) is 0. The average molecular weight is 176 g/mol. The molecule has 0 aliphatic carbocycles. The van der Waals surface area contributed by atoms with E-state index in [1.54, 1.807) is 0 Å². The van der Waals surface area contributed by atoms with Crippen molar-refractivity contribution in [2.45, 2.75) is 34.6 Å². The van der Waals surface area contributed by atoms with Crippen LogP contribution >= 0.6 is 0 Å². The Morgan fingerprint density at radius 3 is 1.54 bits per heavy atom. The van der Waals surface area contributed by atoms with Crippen LogP contribution in [-0.2, 0) is 0 Å². The molecule has 13 heavy (non-hydrogen) atoms. The highest BCUT2D eigenvalue weighted by Gasteiger charge is 2.05. The Labute approximate surface area is 82.4 Å². The van der Waals surface area contributed by atoms with Gasteiger partial charge in [-0.2, -0.15) is 0 Å². The van der Waals surface area contributed by atoms with Crippen LogP contribution in [0.1, 0.15) is 34.6 Å². The molecule has 0 amide bonds. The van der Waals surface area contributed by atoms with Crippen LogP contribution < -0.4 is 0 Å². The molecule has 72 valence electrons. The first-order valence-electron chi connectivity index (χ1n) is 4.57. The highest BCUT2D eigenvalue weighted by atomic mass is 14.1. The van der Waals surface area contributed by atoms with E-state index in [0.717, 1.165) is 11.1 Å². The summed E-state index contributed by atoms with van der Waals surface area (Å²) in [5.74, 6) is 0. The Morgan fingerprint density at radius 2 is 1.31 bits per heavy atom. The minimum Gasteiger partial charge on any atom is -0.0955 e. The molecular formula is C13H20. The molecule has 0 saturated heterocycles.